The van der Waals surface area contributed by atoms with E-state index < -0.39 is 8.07 Å². The minimum Gasteiger partial charge on any atom is -0.489 e. The van der Waals surface area contributed by atoms with Gasteiger partial charge >= 0.3 is 0 Å². The van der Waals surface area contributed by atoms with Gasteiger partial charge in [0, 0.05) is 0 Å². The van der Waals surface area contributed by atoms with Gasteiger partial charge in [0.1, 0.15) is 20.4 Å². The number of rotatable bonds is 5. The Hall–Kier alpha value is -2.58. The third-order valence-electron chi connectivity index (χ3n) is 6.43. The molecule has 0 N–H and O–H groups in total. The van der Waals surface area contributed by atoms with Crippen molar-refractivity contribution < 1.29 is 4.74 Å². The molecule has 0 unspecified atom stereocenters. The molecule has 2 heteroatoms. The first-order chi connectivity index (χ1) is 14.7. The van der Waals surface area contributed by atoms with Gasteiger partial charge in [0.05, 0.1) is 0 Å². The predicted octanol–water partition coefficient (Wildman–Crippen LogP) is 6.26. The van der Waals surface area contributed by atoms with Crippen molar-refractivity contribution in [3.63, 3.8) is 0 Å². The summed E-state index contributed by atoms with van der Waals surface area (Å²) in [5, 5.41) is 2.91. The van der Waals surface area contributed by atoms with Gasteiger partial charge in [0.15, 0.2) is 0 Å². The highest BCUT2D eigenvalue weighted by atomic mass is 28.3. The molecular weight excluding hydrogens is 392 g/mol. The van der Waals surface area contributed by atoms with Gasteiger partial charge in [-0.15, -0.1) is 0 Å². The fourth-order valence-electron chi connectivity index (χ4n) is 4.66. The maximum atomic E-state index is 6.68. The van der Waals surface area contributed by atoms with Crippen LogP contribution in [0.4, 0.5) is 0 Å². The summed E-state index contributed by atoms with van der Waals surface area (Å²) < 4.78 is 6.68. The standard InChI is InChI=1S/C29H34OSi/c1-21-18-25(29(2,3)4)28(30-20-22-12-8-7-9-13-22)27(19-21)31(5,6)26-17-11-15-23-14-10-16-24(23)26/h7-13,15-19H,14,20H2,1-6H3. The lowest BCUT2D eigenvalue weighted by Gasteiger charge is -2.32. The molecular formula is C29H34OSi. The van der Waals surface area contributed by atoms with Crippen LogP contribution in [0, 0.1) is 6.92 Å². The largest absolute Gasteiger partial charge is 0.489 e. The molecule has 0 amide bonds. The number of aryl methyl sites for hydroxylation is 1. The molecule has 1 nitrogen and oxygen atoms in total. The zero-order valence-corrected chi connectivity index (χ0v) is 20.8. The van der Waals surface area contributed by atoms with Crippen molar-refractivity contribution in [1.82, 2.24) is 0 Å². The molecule has 0 saturated carbocycles. The Kier molecular flexibility index (Phi) is 5.70. The van der Waals surface area contributed by atoms with Gasteiger partial charge in [-0.3, -0.25) is 0 Å². The van der Waals surface area contributed by atoms with Crippen LogP contribution in [0.25, 0.3) is 6.08 Å². The van der Waals surface area contributed by atoms with Crippen molar-refractivity contribution in [1.29, 1.82) is 0 Å². The molecule has 0 aromatic heterocycles. The summed E-state index contributed by atoms with van der Waals surface area (Å²) >= 11 is 0. The molecule has 3 aromatic rings. The highest BCUT2D eigenvalue weighted by molar-refractivity contribution is 7.01. The lowest BCUT2D eigenvalue weighted by Crippen LogP contribution is -2.55. The Labute approximate surface area is 188 Å². The summed E-state index contributed by atoms with van der Waals surface area (Å²) in [5.41, 5.74) is 6.73. The number of hydrogen-bond acceptors (Lipinski definition) is 1. The third-order valence-corrected chi connectivity index (χ3v) is 9.93. The predicted molar refractivity (Wildman–Crippen MR) is 137 cm³/mol. The van der Waals surface area contributed by atoms with Crippen molar-refractivity contribution in [2.24, 2.45) is 0 Å². The van der Waals surface area contributed by atoms with Crippen molar-refractivity contribution in [2.45, 2.75) is 59.2 Å². The molecule has 0 atom stereocenters. The second-order valence-corrected chi connectivity index (χ2v) is 14.7. The fourth-order valence-corrected chi connectivity index (χ4v) is 7.74. The number of allylic oxidation sites excluding steroid dienone is 1. The average molecular weight is 427 g/mol. The molecule has 0 saturated heterocycles. The van der Waals surface area contributed by atoms with E-state index in [2.05, 4.69) is 114 Å². The van der Waals surface area contributed by atoms with E-state index >= 15 is 0 Å². The highest BCUT2D eigenvalue weighted by Crippen LogP contribution is 2.34. The first-order valence-corrected chi connectivity index (χ1v) is 14.3. The summed E-state index contributed by atoms with van der Waals surface area (Å²) in [6, 6.07) is 22.1. The molecule has 160 valence electrons. The van der Waals surface area contributed by atoms with E-state index in [0.29, 0.717) is 6.61 Å². The summed E-state index contributed by atoms with van der Waals surface area (Å²) in [6.07, 6.45) is 5.67. The monoisotopic (exact) mass is 426 g/mol. The van der Waals surface area contributed by atoms with Crippen LogP contribution in [0.1, 0.15) is 48.6 Å². The first-order valence-electron chi connectivity index (χ1n) is 11.3. The quantitative estimate of drug-likeness (QED) is 0.437. The van der Waals surface area contributed by atoms with Gasteiger partial charge in [-0.2, -0.15) is 0 Å². The molecule has 1 aliphatic rings. The molecule has 0 heterocycles. The molecule has 0 bridgehead atoms. The van der Waals surface area contributed by atoms with Crippen LogP contribution in [-0.4, -0.2) is 8.07 Å². The highest BCUT2D eigenvalue weighted by Gasteiger charge is 2.35. The Morgan fingerprint density at radius 3 is 2.35 bits per heavy atom. The van der Waals surface area contributed by atoms with E-state index in [4.69, 9.17) is 4.74 Å². The van der Waals surface area contributed by atoms with E-state index in [1.165, 1.54) is 38.2 Å². The molecule has 0 aliphatic heterocycles. The Bertz CT molecular complexity index is 1120. The smallest absolute Gasteiger partial charge is 0.123 e. The Balaban J connectivity index is 1.87. The molecule has 3 aromatic carbocycles. The van der Waals surface area contributed by atoms with Gasteiger partial charge in [-0.05, 0) is 51.4 Å². The molecule has 0 fully saturated rings. The lowest BCUT2D eigenvalue weighted by molar-refractivity contribution is 0.300. The maximum Gasteiger partial charge on any atom is 0.123 e. The number of ether oxygens (including phenoxy) is 1. The summed E-state index contributed by atoms with van der Waals surface area (Å²) in [7, 11) is -2.01. The van der Waals surface area contributed by atoms with Crippen LogP contribution < -0.4 is 15.1 Å². The zero-order valence-electron chi connectivity index (χ0n) is 19.8. The average Bonchev–Trinajstić information content (AvgIpc) is 3.21. The Morgan fingerprint density at radius 2 is 1.65 bits per heavy atom. The van der Waals surface area contributed by atoms with E-state index in [-0.39, 0.29) is 5.41 Å². The van der Waals surface area contributed by atoms with Crippen LogP contribution >= 0.6 is 0 Å². The molecule has 4 rings (SSSR count). The van der Waals surface area contributed by atoms with E-state index in [9.17, 15) is 0 Å². The third kappa shape index (κ3) is 4.27. The van der Waals surface area contributed by atoms with Gasteiger partial charge in [-0.1, -0.05) is 112 Å². The topological polar surface area (TPSA) is 9.23 Å². The molecule has 0 radical (unpaired) electrons. The second-order valence-electron chi connectivity index (χ2n) is 10.3. The molecule has 31 heavy (non-hydrogen) atoms. The minimum absolute atomic E-state index is 0.00973. The van der Waals surface area contributed by atoms with Crippen molar-refractivity contribution in [3.05, 3.63) is 94.6 Å². The van der Waals surface area contributed by atoms with E-state index in [1.54, 1.807) is 0 Å². The van der Waals surface area contributed by atoms with Gasteiger partial charge in [0.25, 0.3) is 0 Å². The van der Waals surface area contributed by atoms with Gasteiger partial charge < -0.3 is 4.74 Å². The van der Waals surface area contributed by atoms with E-state index in [1.807, 2.05) is 0 Å². The maximum absolute atomic E-state index is 6.68. The molecule has 0 spiro atoms. The summed E-state index contributed by atoms with van der Waals surface area (Å²) in [6.45, 7) is 14.6. The number of hydrogen-bond donors (Lipinski definition) is 0. The Morgan fingerprint density at radius 1 is 0.903 bits per heavy atom. The fraction of sp³-hybridized carbons (Fsp3) is 0.310. The van der Waals surface area contributed by atoms with Crippen LogP contribution in [0.3, 0.4) is 0 Å². The van der Waals surface area contributed by atoms with Crippen LogP contribution in [0.2, 0.25) is 13.1 Å². The van der Waals surface area contributed by atoms with E-state index in [0.717, 1.165) is 12.2 Å². The lowest BCUT2D eigenvalue weighted by atomic mass is 9.85. The summed E-state index contributed by atoms with van der Waals surface area (Å²) in [5.74, 6) is 1.10. The minimum atomic E-state index is -2.01. The normalized spacial score (nSPS) is 13.4. The van der Waals surface area contributed by atoms with Gasteiger partial charge in [0.2, 0.25) is 0 Å². The molecule has 1 aliphatic carbocycles. The van der Waals surface area contributed by atoms with Gasteiger partial charge in [-0.25, -0.2) is 0 Å². The van der Waals surface area contributed by atoms with Crippen molar-refractivity contribution in [2.75, 3.05) is 0 Å². The van der Waals surface area contributed by atoms with Crippen molar-refractivity contribution in [3.8, 4) is 5.75 Å². The zero-order chi connectivity index (χ0) is 22.2. The number of fused-ring (bicyclic) bond motifs is 1. The summed E-state index contributed by atoms with van der Waals surface area (Å²) in [4.78, 5) is 0. The second kappa shape index (κ2) is 8.16. The van der Waals surface area contributed by atoms with Crippen molar-refractivity contribution >= 4 is 24.5 Å². The van der Waals surface area contributed by atoms with Crippen LogP contribution in [-0.2, 0) is 18.4 Å². The number of benzene rings is 3. The first kappa shape index (κ1) is 21.6. The van der Waals surface area contributed by atoms with Crippen LogP contribution in [0.5, 0.6) is 5.75 Å². The SMILES string of the molecule is Cc1cc(C(C)(C)C)c(OCc2ccccc2)c([Si](C)(C)c2cccc3c2C=CC3)c1. The van der Waals surface area contributed by atoms with Crippen LogP contribution in [0.15, 0.2) is 66.7 Å².